The van der Waals surface area contributed by atoms with E-state index in [4.69, 9.17) is 23.2 Å². The molecule has 0 saturated heterocycles. The minimum atomic E-state index is -0.479. The molecule has 0 bridgehead atoms. The Kier molecular flexibility index (Phi) is 4.14. The van der Waals surface area contributed by atoms with E-state index >= 15 is 0 Å². The number of nitrogens with zero attached hydrogens (tertiary/aromatic N) is 2. The minimum Gasteiger partial charge on any atom is -0.341 e. The van der Waals surface area contributed by atoms with Crippen molar-refractivity contribution >= 4 is 29.0 Å². The summed E-state index contributed by atoms with van der Waals surface area (Å²) in [5, 5.41) is 3.95. The van der Waals surface area contributed by atoms with Crippen LogP contribution < -0.4 is 5.32 Å². The molecule has 1 unspecified atom stereocenters. The fourth-order valence-corrected chi connectivity index (χ4v) is 2.71. The second-order valence-electron chi connectivity index (χ2n) is 4.86. The van der Waals surface area contributed by atoms with Crippen molar-refractivity contribution in [3.8, 4) is 0 Å². The third-order valence-corrected chi connectivity index (χ3v) is 4.14. The van der Waals surface area contributed by atoms with Gasteiger partial charge in [0.25, 0.3) is 0 Å². The van der Waals surface area contributed by atoms with Crippen LogP contribution in [0.15, 0.2) is 58.3 Å². The van der Waals surface area contributed by atoms with Crippen LogP contribution in [-0.4, -0.2) is 10.8 Å². The van der Waals surface area contributed by atoms with Gasteiger partial charge in [-0.3, -0.25) is 9.98 Å². The van der Waals surface area contributed by atoms with E-state index in [0.29, 0.717) is 27.1 Å². The molecule has 1 aromatic carbocycles. The number of hydrogen-bond donors (Lipinski definition) is 1. The zero-order valence-corrected chi connectivity index (χ0v) is 13.2. The average Bonchev–Trinajstić information content (AvgIpc) is 2.51. The van der Waals surface area contributed by atoms with Gasteiger partial charge in [0.2, 0.25) is 0 Å². The van der Waals surface area contributed by atoms with Crippen LogP contribution in [-0.2, 0) is 0 Å². The lowest BCUT2D eigenvalue weighted by atomic mass is 10.0. The number of nitrogens with one attached hydrogen (secondary N) is 1. The molecule has 3 nitrogen and oxygen atoms in total. The van der Waals surface area contributed by atoms with Crippen molar-refractivity contribution in [2.45, 2.75) is 13.0 Å². The van der Waals surface area contributed by atoms with E-state index in [1.165, 1.54) is 12.1 Å². The van der Waals surface area contributed by atoms with Gasteiger partial charge >= 0.3 is 0 Å². The molecule has 0 fully saturated rings. The first-order valence-electron chi connectivity index (χ1n) is 6.63. The Morgan fingerprint density at radius 3 is 2.68 bits per heavy atom. The summed E-state index contributed by atoms with van der Waals surface area (Å²) < 4.78 is 13.2. The number of amidine groups is 1. The zero-order valence-electron chi connectivity index (χ0n) is 11.6. The van der Waals surface area contributed by atoms with Crippen molar-refractivity contribution < 1.29 is 4.39 Å². The molecule has 6 heteroatoms. The molecule has 0 saturated carbocycles. The predicted molar refractivity (Wildman–Crippen MR) is 86.6 cm³/mol. The highest BCUT2D eigenvalue weighted by Gasteiger charge is 2.25. The molecule has 1 aliphatic rings. The molecule has 22 heavy (non-hydrogen) atoms. The van der Waals surface area contributed by atoms with Gasteiger partial charge in [-0.2, -0.15) is 0 Å². The number of rotatable bonds is 2. The van der Waals surface area contributed by atoms with Crippen LogP contribution in [0.25, 0.3) is 0 Å². The lowest BCUT2D eigenvalue weighted by Crippen LogP contribution is -2.29. The van der Waals surface area contributed by atoms with Crippen molar-refractivity contribution in [1.82, 2.24) is 10.3 Å². The standard InChI is InChI=1S/C16H12Cl2FN3/c1-9-14(18)15(11-6-5-10(19)8-12(11)17)22-16(21-9)13-4-2-3-7-20-13/h2-8,15H,1H3,(H,21,22). The van der Waals surface area contributed by atoms with Gasteiger partial charge < -0.3 is 5.32 Å². The summed E-state index contributed by atoms with van der Waals surface area (Å²) in [4.78, 5) is 8.87. The van der Waals surface area contributed by atoms with Crippen LogP contribution >= 0.6 is 23.2 Å². The number of hydrogen-bond acceptors (Lipinski definition) is 3. The maximum Gasteiger partial charge on any atom is 0.152 e. The van der Waals surface area contributed by atoms with E-state index in [0.717, 1.165) is 5.70 Å². The third kappa shape index (κ3) is 2.85. The van der Waals surface area contributed by atoms with Gasteiger partial charge in [0, 0.05) is 22.5 Å². The topological polar surface area (TPSA) is 37.3 Å². The first kappa shape index (κ1) is 15.0. The summed E-state index contributed by atoms with van der Waals surface area (Å²) in [5.41, 5.74) is 2.12. The van der Waals surface area contributed by atoms with Gasteiger partial charge in [-0.1, -0.05) is 35.3 Å². The second kappa shape index (κ2) is 6.07. The molecule has 0 radical (unpaired) electrons. The third-order valence-electron chi connectivity index (χ3n) is 3.33. The molecule has 1 aromatic heterocycles. The van der Waals surface area contributed by atoms with E-state index in [2.05, 4.69) is 15.3 Å². The fraction of sp³-hybridized carbons (Fsp3) is 0.125. The lowest BCUT2D eigenvalue weighted by Gasteiger charge is -2.24. The van der Waals surface area contributed by atoms with Gasteiger partial charge in [0.15, 0.2) is 5.84 Å². The van der Waals surface area contributed by atoms with Crippen molar-refractivity contribution in [3.05, 3.63) is 75.4 Å². The summed E-state index contributed by atoms with van der Waals surface area (Å²) in [6.07, 6.45) is 1.69. The summed E-state index contributed by atoms with van der Waals surface area (Å²) >= 11 is 12.5. The van der Waals surface area contributed by atoms with Gasteiger partial charge in [-0.05, 0) is 31.2 Å². The summed E-state index contributed by atoms with van der Waals surface area (Å²) in [6, 6.07) is 9.28. The predicted octanol–water partition coefficient (Wildman–Crippen LogP) is 4.44. The van der Waals surface area contributed by atoms with Crippen LogP contribution in [0.3, 0.4) is 0 Å². The van der Waals surface area contributed by atoms with Crippen molar-refractivity contribution in [3.63, 3.8) is 0 Å². The van der Waals surface area contributed by atoms with Gasteiger partial charge in [0.05, 0.1) is 5.03 Å². The number of allylic oxidation sites excluding steroid dienone is 1. The first-order chi connectivity index (χ1) is 10.6. The molecule has 1 aliphatic heterocycles. The van der Waals surface area contributed by atoms with Crippen molar-refractivity contribution in [2.75, 3.05) is 0 Å². The first-order valence-corrected chi connectivity index (χ1v) is 7.39. The smallest absolute Gasteiger partial charge is 0.152 e. The highest BCUT2D eigenvalue weighted by atomic mass is 35.5. The average molecular weight is 336 g/mol. The Morgan fingerprint density at radius 2 is 2.00 bits per heavy atom. The Bertz CT molecular complexity index is 772. The molecule has 0 aliphatic carbocycles. The quantitative estimate of drug-likeness (QED) is 0.881. The van der Waals surface area contributed by atoms with Crippen molar-refractivity contribution in [2.24, 2.45) is 4.99 Å². The number of benzene rings is 1. The number of halogens is 3. The Hall–Kier alpha value is -1.91. The molecule has 1 atom stereocenters. The Balaban J connectivity index is 2.07. The van der Waals surface area contributed by atoms with Crippen LogP contribution in [0.1, 0.15) is 24.2 Å². The number of pyridine rings is 1. The highest BCUT2D eigenvalue weighted by molar-refractivity contribution is 6.33. The van der Waals surface area contributed by atoms with E-state index < -0.39 is 11.9 Å². The summed E-state index contributed by atoms with van der Waals surface area (Å²) in [6.45, 7) is 1.85. The van der Waals surface area contributed by atoms with Crippen LogP contribution in [0, 0.1) is 5.82 Å². The van der Waals surface area contributed by atoms with E-state index in [9.17, 15) is 4.39 Å². The molecule has 1 N–H and O–H groups in total. The normalized spacial score (nSPS) is 18.0. The lowest BCUT2D eigenvalue weighted by molar-refractivity contribution is 0.626. The minimum absolute atomic E-state index is 0.293. The van der Waals surface area contributed by atoms with Gasteiger partial charge in [-0.15, -0.1) is 0 Å². The van der Waals surface area contributed by atoms with Crippen LogP contribution in [0.2, 0.25) is 5.02 Å². The molecular weight excluding hydrogens is 324 g/mol. The van der Waals surface area contributed by atoms with E-state index in [1.54, 1.807) is 12.3 Å². The molecule has 0 spiro atoms. The molecule has 3 rings (SSSR count). The van der Waals surface area contributed by atoms with Crippen molar-refractivity contribution in [1.29, 1.82) is 0 Å². The maximum atomic E-state index is 13.2. The molecular formula is C16H12Cl2FN3. The van der Waals surface area contributed by atoms with E-state index in [-0.39, 0.29) is 0 Å². The fourth-order valence-electron chi connectivity index (χ4n) is 2.22. The largest absolute Gasteiger partial charge is 0.341 e. The van der Waals surface area contributed by atoms with Gasteiger partial charge in [0.1, 0.15) is 17.6 Å². The summed E-state index contributed by atoms with van der Waals surface area (Å²) in [7, 11) is 0. The maximum absolute atomic E-state index is 13.2. The SMILES string of the molecule is CC1=C(Cl)C(c2ccc(F)cc2Cl)N=C(c2ccccn2)N1. The zero-order chi connectivity index (χ0) is 15.7. The Morgan fingerprint density at radius 1 is 1.18 bits per heavy atom. The molecule has 0 amide bonds. The van der Waals surface area contributed by atoms with Crippen LogP contribution in [0.5, 0.6) is 0 Å². The van der Waals surface area contributed by atoms with Gasteiger partial charge in [-0.25, -0.2) is 4.39 Å². The number of aromatic nitrogens is 1. The molecule has 2 aromatic rings. The number of aliphatic imine (C=N–C) groups is 1. The monoisotopic (exact) mass is 335 g/mol. The second-order valence-corrected chi connectivity index (χ2v) is 5.67. The summed E-state index contributed by atoms with van der Waals surface area (Å²) in [5.74, 6) is 0.210. The molecule has 2 heterocycles. The molecule has 112 valence electrons. The van der Waals surface area contributed by atoms with Crippen LogP contribution in [0.4, 0.5) is 4.39 Å². The Labute approximate surface area is 137 Å². The van der Waals surface area contributed by atoms with E-state index in [1.807, 2.05) is 25.1 Å². The highest BCUT2D eigenvalue weighted by Crippen LogP contribution is 2.37.